The summed E-state index contributed by atoms with van der Waals surface area (Å²) in [4.78, 5) is 19.6. The molecular formula is C18H16N4O. The minimum absolute atomic E-state index is 0.440. The molecule has 0 bridgehead atoms. The molecular weight excluding hydrogens is 288 g/mol. The molecule has 0 unspecified atom stereocenters. The zero-order valence-corrected chi connectivity index (χ0v) is 12.4. The van der Waals surface area contributed by atoms with Crippen molar-refractivity contribution in [2.75, 3.05) is 5.32 Å². The Bertz CT molecular complexity index is 801. The maximum atomic E-state index is 11.1. The second-order valence-corrected chi connectivity index (χ2v) is 5.07. The normalized spacial score (nSPS) is 10.3. The van der Waals surface area contributed by atoms with Crippen molar-refractivity contribution in [3.8, 4) is 11.3 Å². The Morgan fingerprint density at radius 2 is 1.74 bits per heavy atom. The lowest BCUT2D eigenvalue weighted by Crippen LogP contribution is -2.10. The van der Waals surface area contributed by atoms with Crippen molar-refractivity contribution in [1.82, 2.24) is 9.97 Å². The van der Waals surface area contributed by atoms with E-state index in [1.165, 1.54) is 11.9 Å². The molecule has 0 aliphatic heterocycles. The van der Waals surface area contributed by atoms with Crippen molar-refractivity contribution in [1.29, 1.82) is 0 Å². The number of anilines is 1. The first-order valence-corrected chi connectivity index (χ1v) is 7.22. The van der Waals surface area contributed by atoms with Gasteiger partial charge in [-0.25, -0.2) is 9.97 Å². The number of carbonyl (C=O) groups is 1. The third kappa shape index (κ3) is 3.71. The Morgan fingerprint density at radius 3 is 2.43 bits per heavy atom. The Hall–Kier alpha value is -3.21. The van der Waals surface area contributed by atoms with Crippen LogP contribution in [0.25, 0.3) is 11.3 Å². The van der Waals surface area contributed by atoms with E-state index < -0.39 is 5.91 Å². The first kappa shape index (κ1) is 14.7. The minimum atomic E-state index is -0.440. The van der Waals surface area contributed by atoms with Crippen LogP contribution in [0.5, 0.6) is 0 Å². The van der Waals surface area contributed by atoms with Crippen LogP contribution in [-0.4, -0.2) is 15.9 Å². The van der Waals surface area contributed by atoms with Gasteiger partial charge in [0, 0.05) is 23.7 Å². The smallest absolute Gasteiger partial charge is 0.248 e. The van der Waals surface area contributed by atoms with Gasteiger partial charge in [-0.05, 0) is 17.7 Å². The number of carbonyl (C=O) groups excluding carboxylic acids is 1. The van der Waals surface area contributed by atoms with Crippen LogP contribution >= 0.6 is 0 Å². The van der Waals surface area contributed by atoms with E-state index in [4.69, 9.17) is 5.73 Å². The van der Waals surface area contributed by atoms with Crippen molar-refractivity contribution in [2.24, 2.45) is 5.73 Å². The molecule has 114 valence electrons. The number of nitrogens with one attached hydrogen (secondary N) is 1. The van der Waals surface area contributed by atoms with Crippen LogP contribution < -0.4 is 11.1 Å². The minimum Gasteiger partial charge on any atom is -0.366 e. The molecule has 1 aromatic heterocycles. The zero-order valence-electron chi connectivity index (χ0n) is 12.4. The van der Waals surface area contributed by atoms with Crippen molar-refractivity contribution < 1.29 is 4.79 Å². The molecule has 1 heterocycles. The second-order valence-electron chi connectivity index (χ2n) is 5.07. The number of primary amides is 1. The monoisotopic (exact) mass is 304 g/mol. The molecule has 0 atom stereocenters. The van der Waals surface area contributed by atoms with Crippen molar-refractivity contribution in [2.45, 2.75) is 6.54 Å². The van der Waals surface area contributed by atoms with Gasteiger partial charge < -0.3 is 11.1 Å². The highest BCUT2D eigenvalue weighted by Crippen LogP contribution is 2.19. The average Bonchev–Trinajstić information content (AvgIpc) is 2.61. The molecule has 5 nitrogen and oxygen atoms in total. The lowest BCUT2D eigenvalue weighted by molar-refractivity contribution is 0.100. The van der Waals surface area contributed by atoms with Gasteiger partial charge in [-0.15, -0.1) is 0 Å². The largest absolute Gasteiger partial charge is 0.366 e. The summed E-state index contributed by atoms with van der Waals surface area (Å²) in [5.41, 5.74) is 8.59. The summed E-state index contributed by atoms with van der Waals surface area (Å²) in [6.45, 7) is 0.692. The van der Waals surface area contributed by atoms with Crippen LogP contribution in [0.3, 0.4) is 0 Å². The summed E-state index contributed by atoms with van der Waals surface area (Å²) in [6.07, 6.45) is 1.52. The van der Waals surface area contributed by atoms with Gasteiger partial charge in [0.25, 0.3) is 0 Å². The fourth-order valence-electron chi connectivity index (χ4n) is 2.21. The molecule has 0 spiro atoms. The fourth-order valence-corrected chi connectivity index (χ4v) is 2.21. The standard InChI is InChI=1S/C18H16N4O/c19-18(23)15-8-6-14(7-9-15)16-10-17(22-12-21-16)20-11-13-4-2-1-3-5-13/h1-10,12H,11H2,(H2,19,23)(H,20,21,22). The van der Waals surface area contributed by atoms with Gasteiger partial charge in [0.2, 0.25) is 5.91 Å². The van der Waals surface area contributed by atoms with E-state index in [-0.39, 0.29) is 0 Å². The van der Waals surface area contributed by atoms with E-state index in [2.05, 4.69) is 27.4 Å². The van der Waals surface area contributed by atoms with Gasteiger partial charge in [0.15, 0.2) is 0 Å². The number of nitrogens with two attached hydrogens (primary N) is 1. The summed E-state index contributed by atoms with van der Waals surface area (Å²) >= 11 is 0. The van der Waals surface area contributed by atoms with E-state index in [0.29, 0.717) is 12.1 Å². The van der Waals surface area contributed by atoms with Crippen molar-refractivity contribution in [3.05, 3.63) is 78.1 Å². The van der Waals surface area contributed by atoms with Gasteiger partial charge in [-0.2, -0.15) is 0 Å². The maximum Gasteiger partial charge on any atom is 0.248 e. The molecule has 5 heteroatoms. The Kier molecular flexibility index (Phi) is 4.29. The Morgan fingerprint density at radius 1 is 1.00 bits per heavy atom. The third-order valence-corrected chi connectivity index (χ3v) is 3.45. The molecule has 0 fully saturated rings. The maximum absolute atomic E-state index is 11.1. The summed E-state index contributed by atoms with van der Waals surface area (Å²) in [5.74, 6) is 0.308. The molecule has 0 saturated heterocycles. The Balaban J connectivity index is 1.75. The summed E-state index contributed by atoms with van der Waals surface area (Å²) in [5, 5.41) is 3.28. The van der Waals surface area contributed by atoms with E-state index >= 15 is 0 Å². The number of rotatable bonds is 5. The first-order chi connectivity index (χ1) is 11.2. The molecule has 2 aromatic carbocycles. The van der Waals surface area contributed by atoms with Gasteiger partial charge in [0.1, 0.15) is 12.1 Å². The number of aromatic nitrogens is 2. The summed E-state index contributed by atoms with van der Waals surface area (Å²) in [6, 6.07) is 19.0. The number of hydrogen-bond acceptors (Lipinski definition) is 4. The van der Waals surface area contributed by atoms with Crippen LogP contribution in [0.15, 0.2) is 67.0 Å². The van der Waals surface area contributed by atoms with E-state index in [9.17, 15) is 4.79 Å². The topological polar surface area (TPSA) is 80.9 Å². The second kappa shape index (κ2) is 6.70. The lowest BCUT2D eigenvalue weighted by Gasteiger charge is -2.07. The molecule has 3 rings (SSSR count). The van der Waals surface area contributed by atoms with Gasteiger partial charge in [-0.1, -0.05) is 42.5 Å². The van der Waals surface area contributed by atoms with Gasteiger partial charge in [0.05, 0.1) is 5.69 Å². The molecule has 0 saturated carbocycles. The number of nitrogens with zero attached hydrogens (tertiary/aromatic N) is 2. The first-order valence-electron chi connectivity index (χ1n) is 7.22. The van der Waals surface area contributed by atoms with Crippen LogP contribution in [-0.2, 0) is 6.54 Å². The van der Waals surface area contributed by atoms with Crippen LogP contribution in [0.4, 0.5) is 5.82 Å². The van der Waals surface area contributed by atoms with Crippen molar-refractivity contribution >= 4 is 11.7 Å². The molecule has 0 aliphatic carbocycles. The van der Waals surface area contributed by atoms with E-state index in [1.54, 1.807) is 12.1 Å². The zero-order chi connectivity index (χ0) is 16.1. The quantitative estimate of drug-likeness (QED) is 0.759. The summed E-state index contributed by atoms with van der Waals surface area (Å²) in [7, 11) is 0. The Labute approximate surface area is 134 Å². The third-order valence-electron chi connectivity index (χ3n) is 3.45. The molecule has 3 aromatic rings. The molecule has 23 heavy (non-hydrogen) atoms. The summed E-state index contributed by atoms with van der Waals surface area (Å²) < 4.78 is 0. The predicted molar refractivity (Wildman–Crippen MR) is 89.8 cm³/mol. The van der Waals surface area contributed by atoms with E-state index in [0.717, 1.165) is 17.1 Å². The molecule has 0 aliphatic rings. The van der Waals surface area contributed by atoms with Gasteiger partial charge in [-0.3, -0.25) is 4.79 Å². The average molecular weight is 304 g/mol. The number of benzene rings is 2. The molecule has 1 amide bonds. The predicted octanol–water partition coefficient (Wildman–Crippen LogP) is 2.85. The van der Waals surface area contributed by atoms with E-state index in [1.807, 2.05) is 36.4 Å². The molecule has 0 radical (unpaired) electrons. The highest BCUT2D eigenvalue weighted by Gasteiger charge is 2.04. The molecule has 3 N–H and O–H groups in total. The van der Waals surface area contributed by atoms with Crippen LogP contribution in [0, 0.1) is 0 Å². The van der Waals surface area contributed by atoms with Crippen LogP contribution in [0.2, 0.25) is 0 Å². The van der Waals surface area contributed by atoms with Crippen molar-refractivity contribution in [3.63, 3.8) is 0 Å². The SMILES string of the molecule is NC(=O)c1ccc(-c2cc(NCc3ccccc3)ncn2)cc1. The highest BCUT2D eigenvalue weighted by atomic mass is 16.1. The highest BCUT2D eigenvalue weighted by molar-refractivity contribution is 5.93. The lowest BCUT2D eigenvalue weighted by atomic mass is 10.1. The fraction of sp³-hybridized carbons (Fsp3) is 0.0556. The number of hydrogen-bond donors (Lipinski definition) is 2. The van der Waals surface area contributed by atoms with Crippen LogP contribution in [0.1, 0.15) is 15.9 Å². The number of amides is 1. The van der Waals surface area contributed by atoms with Gasteiger partial charge >= 0.3 is 0 Å².